The van der Waals surface area contributed by atoms with Crippen molar-refractivity contribution in [3.05, 3.63) is 28.8 Å². The Balaban J connectivity index is 2.06. The van der Waals surface area contributed by atoms with Crippen molar-refractivity contribution in [3.63, 3.8) is 0 Å². The van der Waals surface area contributed by atoms with Crippen LogP contribution >= 0.6 is 11.6 Å². The topological polar surface area (TPSA) is 69.6 Å². The lowest BCUT2D eigenvalue weighted by molar-refractivity contribution is -0.143. The van der Waals surface area contributed by atoms with Crippen LogP contribution in [0.2, 0.25) is 5.02 Å². The van der Waals surface area contributed by atoms with Gasteiger partial charge in [0.15, 0.2) is 0 Å². The second-order valence-corrected chi connectivity index (χ2v) is 6.44. The van der Waals surface area contributed by atoms with Crippen molar-refractivity contribution in [2.75, 3.05) is 18.4 Å². The fraction of sp³-hybridized carbons (Fsp3) is 0.500. The first-order valence-corrected chi connectivity index (χ1v) is 8.12. The largest absolute Gasteiger partial charge is 0.481 e. The lowest BCUT2D eigenvalue weighted by Crippen LogP contribution is -2.47. The molecule has 5 nitrogen and oxygen atoms in total. The standard InChI is InChI=1S/C16H18ClF3N2O3/c1-9(22-6-4-10(5-7-22)15(24)25)14(23)21-13-3-2-11(17)8-12(13)16(18,19)20/h2-3,8-10H,4-7H2,1H3,(H,21,23)(H,24,25). The molecule has 0 aliphatic carbocycles. The molecule has 138 valence electrons. The summed E-state index contributed by atoms with van der Waals surface area (Å²) >= 11 is 5.61. The maximum atomic E-state index is 13.1. The molecule has 1 unspecified atom stereocenters. The van der Waals surface area contributed by atoms with Crippen LogP contribution in [0.5, 0.6) is 0 Å². The molecule has 0 aromatic heterocycles. The maximum Gasteiger partial charge on any atom is 0.418 e. The summed E-state index contributed by atoms with van der Waals surface area (Å²) in [5.41, 5.74) is -1.36. The third kappa shape index (κ3) is 4.85. The van der Waals surface area contributed by atoms with Gasteiger partial charge in [-0.25, -0.2) is 0 Å². The molecule has 2 rings (SSSR count). The molecule has 1 aromatic carbocycles. The minimum absolute atomic E-state index is 0.0749. The highest BCUT2D eigenvalue weighted by atomic mass is 35.5. The van der Waals surface area contributed by atoms with E-state index in [1.165, 1.54) is 6.07 Å². The van der Waals surface area contributed by atoms with E-state index in [1.807, 2.05) is 0 Å². The van der Waals surface area contributed by atoms with Crippen LogP contribution in [-0.2, 0) is 15.8 Å². The number of hydrogen-bond donors (Lipinski definition) is 2. The second kappa shape index (κ2) is 7.61. The Hall–Kier alpha value is -1.80. The van der Waals surface area contributed by atoms with Crippen molar-refractivity contribution in [2.45, 2.75) is 32.0 Å². The Labute approximate surface area is 147 Å². The lowest BCUT2D eigenvalue weighted by Gasteiger charge is -2.34. The van der Waals surface area contributed by atoms with Gasteiger partial charge >= 0.3 is 12.1 Å². The van der Waals surface area contributed by atoms with Gasteiger partial charge < -0.3 is 10.4 Å². The van der Waals surface area contributed by atoms with Crippen LogP contribution in [0.3, 0.4) is 0 Å². The normalized spacial score (nSPS) is 18.0. The Morgan fingerprint density at radius 3 is 2.44 bits per heavy atom. The van der Waals surface area contributed by atoms with Crippen LogP contribution in [0.15, 0.2) is 18.2 Å². The van der Waals surface area contributed by atoms with Crippen molar-refractivity contribution in [2.24, 2.45) is 5.92 Å². The summed E-state index contributed by atoms with van der Waals surface area (Å²) in [5, 5.41) is 11.2. The highest BCUT2D eigenvalue weighted by molar-refractivity contribution is 6.30. The van der Waals surface area contributed by atoms with E-state index in [2.05, 4.69) is 5.32 Å². The average Bonchev–Trinajstić information content (AvgIpc) is 2.54. The first-order valence-electron chi connectivity index (χ1n) is 7.74. The third-order valence-electron chi connectivity index (χ3n) is 4.35. The van der Waals surface area contributed by atoms with E-state index in [0.29, 0.717) is 25.9 Å². The number of piperidine rings is 1. The Kier molecular flexibility index (Phi) is 5.95. The number of nitrogens with zero attached hydrogens (tertiary/aromatic N) is 1. The van der Waals surface area contributed by atoms with E-state index in [0.717, 1.165) is 12.1 Å². The molecule has 2 N–H and O–H groups in total. The van der Waals surface area contributed by atoms with E-state index in [-0.39, 0.29) is 10.7 Å². The summed E-state index contributed by atoms with van der Waals surface area (Å²) < 4.78 is 39.2. The Bertz CT molecular complexity index is 659. The number of carboxylic acids is 1. The third-order valence-corrected chi connectivity index (χ3v) is 4.59. The smallest absolute Gasteiger partial charge is 0.418 e. The van der Waals surface area contributed by atoms with Gasteiger partial charge in [-0.2, -0.15) is 13.2 Å². The number of anilines is 1. The molecule has 25 heavy (non-hydrogen) atoms. The molecule has 9 heteroatoms. The molecule has 1 aliphatic heterocycles. The van der Waals surface area contributed by atoms with Crippen molar-refractivity contribution in [3.8, 4) is 0 Å². The molecule has 1 atom stereocenters. The number of hydrogen-bond acceptors (Lipinski definition) is 3. The van der Waals surface area contributed by atoms with Gasteiger partial charge in [0.2, 0.25) is 5.91 Å². The molecule has 0 bridgehead atoms. The first-order chi connectivity index (χ1) is 11.6. The van der Waals surface area contributed by atoms with Gasteiger partial charge in [-0.3, -0.25) is 14.5 Å². The summed E-state index contributed by atoms with van der Waals surface area (Å²) in [6.07, 6.45) is -3.83. The number of rotatable bonds is 4. The molecule has 1 aliphatic rings. The van der Waals surface area contributed by atoms with Crippen LogP contribution in [-0.4, -0.2) is 41.0 Å². The summed E-state index contributed by atoms with van der Waals surface area (Å²) in [6, 6.07) is 2.48. The monoisotopic (exact) mass is 378 g/mol. The fourth-order valence-electron chi connectivity index (χ4n) is 2.80. The zero-order valence-corrected chi connectivity index (χ0v) is 14.2. The number of alkyl halides is 3. The summed E-state index contributed by atoms with van der Waals surface area (Å²) in [4.78, 5) is 25.0. The number of carbonyl (C=O) groups is 2. The van der Waals surface area contributed by atoms with Crippen LogP contribution in [0.1, 0.15) is 25.3 Å². The maximum absolute atomic E-state index is 13.1. The molecular formula is C16H18ClF3N2O3. The van der Waals surface area contributed by atoms with E-state index in [1.54, 1.807) is 11.8 Å². The zero-order chi connectivity index (χ0) is 18.8. The summed E-state index contributed by atoms with van der Waals surface area (Å²) in [6.45, 7) is 2.39. The average molecular weight is 379 g/mol. The van der Waals surface area contributed by atoms with E-state index >= 15 is 0 Å². The van der Waals surface area contributed by atoms with Crippen LogP contribution in [0, 0.1) is 5.92 Å². The zero-order valence-electron chi connectivity index (χ0n) is 13.4. The first kappa shape index (κ1) is 19.5. The number of likely N-dealkylation sites (tertiary alicyclic amines) is 1. The van der Waals surface area contributed by atoms with Crippen LogP contribution in [0.25, 0.3) is 0 Å². The lowest BCUT2D eigenvalue weighted by atomic mass is 9.96. The highest BCUT2D eigenvalue weighted by Gasteiger charge is 2.35. The van der Waals surface area contributed by atoms with Gasteiger partial charge in [-0.05, 0) is 51.1 Å². The number of halogens is 4. The molecule has 1 amide bonds. The van der Waals surface area contributed by atoms with Gasteiger partial charge in [0.05, 0.1) is 23.2 Å². The van der Waals surface area contributed by atoms with Crippen LogP contribution < -0.4 is 5.32 Å². The summed E-state index contributed by atoms with van der Waals surface area (Å²) in [7, 11) is 0. The van der Waals surface area contributed by atoms with E-state index < -0.39 is 35.6 Å². The van der Waals surface area contributed by atoms with E-state index in [9.17, 15) is 22.8 Å². The van der Waals surface area contributed by atoms with E-state index in [4.69, 9.17) is 16.7 Å². The summed E-state index contributed by atoms with van der Waals surface area (Å²) in [5.74, 6) is -1.89. The van der Waals surface area contributed by atoms with Gasteiger partial charge in [-0.1, -0.05) is 11.6 Å². The molecule has 1 fully saturated rings. The second-order valence-electron chi connectivity index (χ2n) is 6.00. The van der Waals surface area contributed by atoms with Gasteiger partial charge in [-0.15, -0.1) is 0 Å². The molecule has 0 spiro atoms. The molecule has 0 radical (unpaired) electrons. The predicted octanol–water partition coefficient (Wildman–Crippen LogP) is 3.48. The Morgan fingerprint density at radius 2 is 1.92 bits per heavy atom. The molecule has 1 saturated heterocycles. The minimum atomic E-state index is -4.64. The number of carboxylic acid groups (broad SMARTS) is 1. The molecule has 0 saturated carbocycles. The molecule has 1 aromatic rings. The van der Waals surface area contributed by atoms with Gasteiger partial charge in [0, 0.05) is 5.02 Å². The predicted molar refractivity (Wildman–Crippen MR) is 86.5 cm³/mol. The van der Waals surface area contributed by atoms with Gasteiger partial charge in [0.1, 0.15) is 0 Å². The van der Waals surface area contributed by atoms with Crippen molar-refractivity contribution in [1.82, 2.24) is 4.90 Å². The molecular weight excluding hydrogens is 361 g/mol. The quantitative estimate of drug-likeness (QED) is 0.841. The number of benzene rings is 1. The van der Waals surface area contributed by atoms with Gasteiger partial charge in [0.25, 0.3) is 0 Å². The molecule has 1 heterocycles. The fourth-order valence-corrected chi connectivity index (χ4v) is 2.97. The highest BCUT2D eigenvalue weighted by Crippen LogP contribution is 2.36. The van der Waals surface area contributed by atoms with Crippen LogP contribution in [0.4, 0.5) is 18.9 Å². The SMILES string of the molecule is CC(C(=O)Nc1ccc(Cl)cc1C(F)(F)F)N1CCC(C(=O)O)CC1. The number of nitrogens with one attached hydrogen (secondary N) is 1. The number of amides is 1. The number of carbonyl (C=O) groups excluding carboxylic acids is 1. The Morgan fingerprint density at radius 1 is 1.32 bits per heavy atom. The van der Waals surface area contributed by atoms with Crippen molar-refractivity contribution < 1.29 is 27.9 Å². The van der Waals surface area contributed by atoms with Crippen molar-refractivity contribution >= 4 is 29.2 Å². The minimum Gasteiger partial charge on any atom is -0.481 e. The number of aliphatic carboxylic acids is 1. The van der Waals surface area contributed by atoms with Crippen molar-refractivity contribution in [1.29, 1.82) is 0 Å².